The molecule has 1 N–H and O–H groups in total. The molecule has 2 heterocycles. The molecule has 2 fully saturated rings. The number of hydrogen-bond donors (Lipinski definition) is 1. The van der Waals surface area contributed by atoms with E-state index in [4.69, 9.17) is 14.5 Å². The standard InChI is InChI=1S/C22H34N4O3/c1-4-23-22(25-12-9-18(10-13-25)21(27)29-3)24-15-17-8-11-26(16-17)19-6-5-7-20(14-19)28-2/h5-7,14,17-18H,4,8-13,15-16H2,1-3H3,(H,23,24). The SMILES string of the molecule is CCNC(=NCC1CCN(c2cccc(OC)c2)C1)N1CCC(C(=O)OC)CC1. The number of esters is 1. The van der Waals surface area contributed by atoms with E-state index in [0.29, 0.717) is 5.92 Å². The zero-order valence-electron chi connectivity index (χ0n) is 17.9. The molecule has 1 aromatic rings. The third-order valence-corrected chi connectivity index (χ3v) is 5.87. The van der Waals surface area contributed by atoms with Crippen molar-refractivity contribution in [3.8, 4) is 5.75 Å². The molecule has 0 radical (unpaired) electrons. The average Bonchev–Trinajstić information content (AvgIpc) is 3.25. The van der Waals surface area contributed by atoms with Crippen molar-refractivity contribution in [1.29, 1.82) is 0 Å². The van der Waals surface area contributed by atoms with Crippen molar-refractivity contribution in [3.05, 3.63) is 24.3 Å². The molecule has 2 aliphatic heterocycles. The predicted molar refractivity (Wildman–Crippen MR) is 116 cm³/mol. The second-order valence-corrected chi connectivity index (χ2v) is 7.78. The van der Waals surface area contributed by atoms with Crippen molar-refractivity contribution >= 4 is 17.6 Å². The molecule has 7 heteroatoms. The Morgan fingerprint density at radius 2 is 2.00 bits per heavy atom. The normalized spacial score (nSPS) is 20.7. The lowest BCUT2D eigenvalue weighted by Gasteiger charge is -2.33. The minimum atomic E-state index is -0.0878. The number of piperidine rings is 1. The molecule has 29 heavy (non-hydrogen) atoms. The van der Waals surface area contributed by atoms with Crippen LogP contribution in [0.3, 0.4) is 0 Å². The van der Waals surface area contributed by atoms with Gasteiger partial charge in [0.05, 0.1) is 20.1 Å². The van der Waals surface area contributed by atoms with Crippen LogP contribution in [0.4, 0.5) is 5.69 Å². The summed E-state index contributed by atoms with van der Waals surface area (Å²) in [6.07, 6.45) is 2.79. The van der Waals surface area contributed by atoms with Crippen LogP contribution in [0.5, 0.6) is 5.75 Å². The van der Waals surface area contributed by atoms with Crippen molar-refractivity contribution in [2.24, 2.45) is 16.8 Å². The summed E-state index contributed by atoms with van der Waals surface area (Å²) < 4.78 is 10.2. The maximum absolute atomic E-state index is 11.8. The molecule has 2 aliphatic rings. The highest BCUT2D eigenvalue weighted by Gasteiger charge is 2.28. The van der Waals surface area contributed by atoms with Crippen molar-refractivity contribution in [2.75, 3.05) is 58.4 Å². The molecule has 0 aromatic heterocycles. The van der Waals surface area contributed by atoms with E-state index in [9.17, 15) is 4.79 Å². The van der Waals surface area contributed by atoms with Gasteiger partial charge in [0.15, 0.2) is 5.96 Å². The number of carbonyl (C=O) groups is 1. The lowest BCUT2D eigenvalue weighted by Crippen LogP contribution is -2.46. The van der Waals surface area contributed by atoms with Gasteiger partial charge >= 0.3 is 5.97 Å². The number of anilines is 1. The van der Waals surface area contributed by atoms with Gasteiger partial charge in [-0.2, -0.15) is 0 Å². The van der Waals surface area contributed by atoms with E-state index in [-0.39, 0.29) is 11.9 Å². The quantitative estimate of drug-likeness (QED) is 0.448. The number of nitrogens with one attached hydrogen (secondary N) is 1. The van der Waals surface area contributed by atoms with Crippen LogP contribution in [0.15, 0.2) is 29.3 Å². The smallest absolute Gasteiger partial charge is 0.308 e. The highest BCUT2D eigenvalue weighted by molar-refractivity contribution is 5.80. The van der Waals surface area contributed by atoms with Gasteiger partial charge in [-0.15, -0.1) is 0 Å². The zero-order chi connectivity index (χ0) is 20.6. The number of nitrogens with zero attached hydrogens (tertiary/aromatic N) is 3. The lowest BCUT2D eigenvalue weighted by molar-refractivity contribution is -0.146. The van der Waals surface area contributed by atoms with Crippen LogP contribution in [0, 0.1) is 11.8 Å². The summed E-state index contributed by atoms with van der Waals surface area (Å²) in [5, 5.41) is 3.42. The van der Waals surface area contributed by atoms with Gasteiger partial charge in [0.1, 0.15) is 5.75 Å². The minimum absolute atomic E-state index is 0.0189. The zero-order valence-corrected chi connectivity index (χ0v) is 17.9. The van der Waals surface area contributed by atoms with Crippen LogP contribution in [-0.2, 0) is 9.53 Å². The highest BCUT2D eigenvalue weighted by atomic mass is 16.5. The van der Waals surface area contributed by atoms with E-state index in [1.807, 2.05) is 12.1 Å². The maximum atomic E-state index is 11.8. The fraction of sp³-hybridized carbons (Fsp3) is 0.636. The van der Waals surface area contributed by atoms with E-state index in [1.54, 1.807) is 7.11 Å². The van der Waals surface area contributed by atoms with E-state index >= 15 is 0 Å². The first-order chi connectivity index (χ1) is 14.1. The molecule has 0 amide bonds. The first-order valence-corrected chi connectivity index (χ1v) is 10.6. The van der Waals surface area contributed by atoms with Crippen molar-refractivity contribution in [3.63, 3.8) is 0 Å². The Bertz CT molecular complexity index is 701. The number of aliphatic imine (C=N–C) groups is 1. The van der Waals surface area contributed by atoms with Crippen molar-refractivity contribution < 1.29 is 14.3 Å². The monoisotopic (exact) mass is 402 g/mol. The van der Waals surface area contributed by atoms with E-state index in [0.717, 1.165) is 70.2 Å². The molecule has 1 aromatic carbocycles. The molecule has 1 atom stereocenters. The van der Waals surface area contributed by atoms with Crippen LogP contribution in [0.25, 0.3) is 0 Å². The number of likely N-dealkylation sites (tertiary alicyclic amines) is 1. The van der Waals surface area contributed by atoms with Gasteiger partial charge in [-0.1, -0.05) is 6.07 Å². The Kier molecular flexibility index (Phi) is 7.61. The van der Waals surface area contributed by atoms with Gasteiger partial charge in [0.2, 0.25) is 0 Å². The maximum Gasteiger partial charge on any atom is 0.308 e. The Balaban J connectivity index is 1.55. The summed E-state index contributed by atoms with van der Waals surface area (Å²) in [4.78, 5) is 21.4. The number of methoxy groups -OCH3 is 2. The average molecular weight is 403 g/mol. The lowest BCUT2D eigenvalue weighted by atomic mass is 9.97. The Hall–Kier alpha value is -2.44. The Labute approximate surface area is 174 Å². The molecule has 160 valence electrons. The molecular formula is C22H34N4O3. The molecule has 0 bridgehead atoms. The summed E-state index contributed by atoms with van der Waals surface area (Å²) >= 11 is 0. The van der Waals surface area contributed by atoms with Crippen LogP contribution in [0.1, 0.15) is 26.2 Å². The van der Waals surface area contributed by atoms with Crippen molar-refractivity contribution in [2.45, 2.75) is 26.2 Å². The predicted octanol–water partition coefficient (Wildman–Crippen LogP) is 2.37. The van der Waals surface area contributed by atoms with Crippen molar-refractivity contribution in [1.82, 2.24) is 10.2 Å². The molecule has 0 aliphatic carbocycles. The molecule has 0 spiro atoms. The summed E-state index contributed by atoms with van der Waals surface area (Å²) in [6, 6.07) is 8.26. The Morgan fingerprint density at radius 1 is 1.21 bits per heavy atom. The molecule has 0 saturated carbocycles. The van der Waals surface area contributed by atoms with Gasteiger partial charge in [-0.25, -0.2) is 0 Å². The van der Waals surface area contributed by atoms with Crippen LogP contribution >= 0.6 is 0 Å². The van der Waals surface area contributed by atoms with E-state index in [1.165, 1.54) is 12.8 Å². The third-order valence-electron chi connectivity index (χ3n) is 5.87. The minimum Gasteiger partial charge on any atom is -0.497 e. The number of rotatable bonds is 6. The molecule has 2 saturated heterocycles. The number of benzene rings is 1. The number of hydrogen-bond acceptors (Lipinski definition) is 5. The molecule has 1 unspecified atom stereocenters. The summed E-state index contributed by atoms with van der Waals surface area (Å²) in [6.45, 7) is 7.50. The Morgan fingerprint density at radius 3 is 2.69 bits per heavy atom. The van der Waals surface area contributed by atoms with Crippen LogP contribution < -0.4 is 15.0 Å². The second-order valence-electron chi connectivity index (χ2n) is 7.78. The molecule has 7 nitrogen and oxygen atoms in total. The van der Waals surface area contributed by atoms with E-state index < -0.39 is 0 Å². The molecular weight excluding hydrogens is 368 g/mol. The largest absolute Gasteiger partial charge is 0.497 e. The van der Waals surface area contributed by atoms with Gasteiger partial charge in [-0.3, -0.25) is 9.79 Å². The second kappa shape index (κ2) is 10.4. The fourth-order valence-electron chi connectivity index (χ4n) is 4.16. The van der Waals surface area contributed by atoms with Crippen LogP contribution in [-0.4, -0.2) is 70.3 Å². The highest BCUT2D eigenvalue weighted by Crippen LogP contribution is 2.27. The summed E-state index contributed by atoms with van der Waals surface area (Å²) in [5.74, 6) is 2.34. The van der Waals surface area contributed by atoms with Crippen LogP contribution in [0.2, 0.25) is 0 Å². The summed E-state index contributed by atoms with van der Waals surface area (Å²) in [5.41, 5.74) is 1.22. The number of ether oxygens (including phenoxy) is 2. The van der Waals surface area contributed by atoms with Gasteiger partial charge in [-0.05, 0) is 44.2 Å². The first kappa shape index (κ1) is 21.3. The van der Waals surface area contributed by atoms with E-state index in [2.05, 4.69) is 34.2 Å². The number of carbonyl (C=O) groups excluding carboxylic acids is 1. The number of guanidine groups is 1. The third kappa shape index (κ3) is 5.55. The van der Waals surface area contributed by atoms with Gasteiger partial charge in [0, 0.05) is 51.0 Å². The van der Waals surface area contributed by atoms with Gasteiger partial charge < -0.3 is 24.6 Å². The first-order valence-electron chi connectivity index (χ1n) is 10.6. The fourth-order valence-corrected chi connectivity index (χ4v) is 4.16. The topological polar surface area (TPSA) is 66.4 Å². The van der Waals surface area contributed by atoms with Gasteiger partial charge in [0.25, 0.3) is 0 Å². The summed E-state index contributed by atoms with van der Waals surface area (Å²) in [7, 11) is 3.17. The molecule has 3 rings (SSSR count).